The zero-order valence-electron chi connectivity index (χ0n) is 31.6. The summed E-state index contributed by atoms with van der Waals surface area (Å²) in [6.45, 7) is 12.4. The Bertz CT molecular complexity index is 1680. The second kappa shape index (κ2) is 20.1. The molecule has 16 nitrogen and oxygen atoms in total. The fourth-order valence-corrected chi connectivity index (χ4v) is 9.56. The first-order chi connectivity index (χ1) is 25.1. The third kappa shape index (κ3) is 11.4. The summed E-state index contributed by atoms with van der Waals surface area (Å²) >= 11 is 0. The van der Waals surface area contributed by atoms with Gasteiger partial charge in [0.15, 0.2) is 26.9 Å². The molecule has 1 aromatic heterocycles. The number of benzene rings is 1. The SMILES string of the molecule is CCOC(=O)[C@H](C)N(OC[C@H]1O[C@@H](n2ccc(=O)n(COC(=O)CCON=C(C)C)c2=O)[C@](C)(F)[C@@H]1O[Si](CC)(CC)CC)[PH](=O)Oc1ccccc1. The molecule has 2 heterocycles. The molecule has 1 saturated heterocycles. The van der Waals surface area contributed by atoms with E-state index in [0.717, 1.165) is 21.7 Å². The minimum absolute atomic E-state index is 0.0526. The van der Waals surface area contributed by atoms with E-state index in [1.54, 1.807) is 51.1 Å². The lowest BCUT2D eigenvalue weighted by molar-refractivity contribution is -0.180. The highest BCUT2D eigenvalue weighted by molar-refractivity contribution is 7.36. The number of esters is 2. The molecule has 1 aromatic carbocycles. The normalized spacial score (nSPS) is 21.1. The number of hydroxylamine groups is 1. The molecule has 0 bridgehead atoms. The first kappa shape index (κ1) is 43.7. The van der Waals surface area contributed by atoms with Crippen LogP contribution in [0.15, 0.2) is 57.3 Å². The van der Waals surface area contributed by atoms with Gasteiger partial charge >= 0.3 is 25.8 Å². The van der Waals surface area contributed by atoms with Crippen LogP contribution in [0.25, 0.3) is 0 Å². The molecule has 0 amide bonds. The van der Waals surface area contributed by atoms with E-state index in [2.05, 4.69) is 5.16 Å². The Morgan fingerprint density at radius 2 is 1.74 bits per heavy atom. The van der Waals surface area contributed by atoms with Gasteiger partial charge in [0.25, 0.3) is 5.56 Å². The number of hydrogen-bond donors (Lipinski definition) is 0. The molecule has 0 aliphatic carbocycles. The number of hydrogen-bond acceptors (Lipinski definition) is 13. The number of para-hydroxylation sites is 1. The van der Waals surface area contributed by atoms with Gasteiger partial charge in [0.1, 0.15) is 30.6 Å². The summed E-state index contributed by atoms with van der Waals surface area (Å²) in [5, 5.41) is 3.73. The average molecular weight is 787 g/mol. The van der Waals surface area contributed by atoms with Gasteiger partial charge in [-0.25, -0.2) is 13.8 Å². The summed E-state index contributed by atoms with van der Waals surface area (Å²) in [4.78, 5) is 63.4. The van der Waals surface area contributed by atoms with Gasteiger partial charge in [-0.1, -0.05) is 49.0 Å². The third-order valence-electron chi connectivity index (χ3n) is 8.82. The van der Waals surface area contributed by atoms with E-state index < -0.39 is 83.2 Å². The van der Waals surface area contributed by atoms with Crippen LogP contribution in [0.4, 0.5) is 4.39 Å². The molecule has 6 atom stereocenters. The van der Waals surface area contributed by atoms with Crippen LogP contribution < -0.4 is 15.8 Å². The predicted molar refractivity (Wildman–Crippen MR) is 196 cm³/mol. The quantitative estimate of drug-likeness (QED) is 0.0414. The molecule has 296 valence electrons. The van der Waals surface area contributed by atoms with E-state index in [0.29, 0.717) is 28.4 Å². The van der Waals surface area contributed by atoms with E-state index in [4.69, 9.17) is 32.8 Å². The van der Waals surface area contributed by atoms with Gasteiger partial charge in [-0.15, -0.1) is 0 Å². The van der Waals surface area contributed by atoms with Crippen molar-refractivity contribution in [3.05, 3.63) is 63.4 Å². The lowest BCUT2D eigenvalue weighted by Crippen LogP contribution is -2.52. The van der Waals surface area contributed by atoms with Gasteiger partial charge in [-0.05, 0) is 64.9 Å². The molecule has 1 fully saturated rings. The second-order valence-electron chi connectivity index (χ2n) is 12.7. The number of carbonyl (C=O) groups excluding carboxylic acids is 2. The van der Waals surface area contributed by atoms with Gasteiger partial charge in [-0.3, -0.25) is 28.4 Å². The highest BCUT2D eigenvalue weighted by atomic mass is 31.1. The van der Waals surface area contributed by atoms with Gasteiger partial charge in [-0.2, -0.15) is 0 Å². The first-order valence-electron chi connectivity index (χ1n) is 17.6. The molecule has 2 aromatic rings. The standard InChI is InChI=1S/C34H52FN4O12PSi/c1-9-45-31(42)25(7)39(52(44)50-26-16-14-13-15-17-26)48-22-27-30(51-53(10-2,11-3)12-4)34(8,35)32(49-27)37-20-18-28(40)38(33(37)43)23-46-29(41)19-21-47-36-24(5)6/h13-18,20,25,27,30,32,52H,9-12,19,21-23H2,1-8H3/t25-,27+,30+,32+,34+/m0/s1. The van der Waals surface area contributed by atoms with Crippen LogP contribution in [-0.2, 0) is 49.2 Å². The summed E-state index contributed by atoms with van der Waals surface area (Å²) in [7, 11) is -5.87. The van der Waals surface area contributed by atoms with E-state index >= 15 is 4.39 Å². The fraction of sp³-hybridized carbons (Fsp3) is 0.618. The molecule has 0 N–H and O–H groups in total. The van der Waals surface area contributed by atoms with Crippen molar-refractivity contribution in [1.29, 1.82) is 0 Å². The van der Waals surface area contributed by atoms with Crippen LogP contribution in [0.2, 0.25) is 18.1 Å². The predicted octanol–water partition coefficient (Wildman–Crippen LogP) is 4.98. The molecule has 19 heteroatoms. The first-order valence-corrected chi connectivity index (χ1v) is 21.4. The van der Waals surface area contributed by atoms with Crippen molar-refractivity contribution in [3.63, 3.8) is 0 Å². The van der Waals surface area contributed by atoms with Crippen LogP contribution in [0.3, 0.4) is 0 Å². The number of ether oxygens (including phenoxy) is 3. The summed E-state index contributed by atoms with van der Waals surface area (Å²) in [6.07, 6.45) is -3.28. The van der Waals surface area contributed by atoms with Gasteiger partial charge < -0.3 is 28.0 Å². The van der Waals surface area contributed by atoms with Crippen molar-refractivity contribution in [2.75, 3.05) is 19.8 Å². The van der Waals surface area contributed by atoms with Crippen LogP contribution in [0.1, 0.15) is 68.0 Å². The largest absolute Gasteiger partial charge is 0.465 e. The number of oxime groups is 1. The minimum atomic E-state index is -3.30. The average Bonchev–Trinajstić information content (AvgIpc) is 3.37. The summed E-state index contributed by atoms with van der Waals surface area (Å²) in [6, 6.07) is 10.1. The highest BCUT2D eigenvalue weighted by Gasteiger charge is 2.58. The Morgan fingerprint density at radius 3 is 2.34 bits per heavy atom. The Balaban J connectivity index is 1.96. The fourth-order valence-electron chi connectivity index (χ4n) is 5.61. The maximum absolute atomic E-state index is 17.3. The lowest BCUT2D eigenvalue weighted by Gasteiger charge is -2.37. The zero-order chi connectivity index (χ0) is 39.3. The number of carbonyl (C=O) groups is 2. The van der Waals surface area contributed by atoms with E-state index in [9.17, 15) is 23.7 Å². The van der Waals surface area contributed by atoms with Crippen molar-refractivity contribution in [2.45, 2.75) is 117 Å². The van der Waals surface area contributed by atoms with Crippen molar-refractivity contribution < 1.29 is 51.4 Å². The van der Waals surface area contributed by atoms with Crippen LogP contribution >= 0.6 is 8.18 Å². The summed E-state index contributed by atoms with van der Waals surface area (Å²) < 4.78 is 61.2. The van der Waals surface area contributed by atoms with Crippen molar-refractivity contribution in [3.8, 4) is 5.75 Å². The van der Waals surface area contributed by atoms with Crippen LogP contribution in [0, 0.1) is 0 Å². The molecule has 1 aliphatic heterocycles. The van der Waals surface area contributed by atoms with Crippen LogP contribution in [0.5, 0.6) is 5.75 Å². The molecular formula is C34H52FN4O12PSi. The Kier molecular flexibility index (Phi) is 16.6. The molecule has 3 rings (SSSR count). The second-order valence-corrected chi connectivity index (χ2v) is 18.6. The van der Waals surface area contributed by atoms with E-state index in [1.807, 2.05) is 20.8 Å². The third-order valence-corrected chi connectivity index (χ3v) is 14.7. The van der Waals surface area contributed by atoms with Gasteiger partial charge in [0, 0.05) is 12.3 Å². The Labute approximate surface area is 310 Å². The minimum Gasteiger partial charge on any atom is -0.465 e. The van der Waals surface area contributed by atoms with Crippen molar-refractivity contribution >= 4 is 34.1 Å². The maximum Gasteiger partial charge on any atom is 0.336 e. The molecule has 1 unspecified atom stereocenters. The Morgan fingerprint density at radius 1 is 1.08 bits per heavy atom. The van der Waals surface area contributed by atoms with Crippen molar-refractivity contribution in [2.24, 2.45) is 5.16 Å². The Hall–Kier alpha value is -3.67. The zero-order valence-corrected chi connectivity index (χ0v) is 33.6. The van der Waals surface area contributed by atoms with Crippen LogP contribution in [-0.4, -0.2) is 83.7 Å². The number of nitrogens with zero attached hydrogens (tertiary/aromatic N) is 4. The smallest absolute Gasteiger partial charge is 0.336 e. The number of alkyl halides is 1. The van der Waals surface area contributed by atoms with Gasteiger partial charge in [0.2, 0.25) is 0 Å². The maximum atomic E-state index is 17.3. The number of halogens is 1. The summed E-state index contributed by atoms with van der Waals surface area (Å²) in [5.74, 6) is -1.24. The molecule has 0 radical (unpaired) electrons. The lowest BCUT2D eigenvalue weighted by atomic mass is 9.98. The molecule has 0 saturated carbocycles. The highest BCUT2D eigenvalue weighted by Crippen LogP contribution is 2.45. The molecule has 53 heavy (non-hydrogen) atoms. The molecular weight excluding hydrogens is 734 g/mol. The van der Waals surface area contributed by atoms with Gasteiger partial charge in [0.05, 0.1) is 25.3 Å². The molecule has 1 aliphatic rings. The number of rotatable bonds is 21. The van der Waals surface area contributed by atoms with E-state index in [1.165, 1.54) is 13.8 Å². The number of aromatic nitrogens is 2. The topological polar surface area (TPSA) is 175 Å². The summed E-state index contributed by atoms with van der Waals surface area (Å²) in [5.41, 5.74) is -3.55. The van der Waals surface area contributed by atoms with Crippen molar-refractivity contribution in [1.82, 2.24) is 14.0 Å². The monoisotopic (exact) mass is 786 g/mol. The van der Waals surface area contributed by atoms with E-state index in [-0.39, 0.29) is 25.4 Å². The molecule has 0 spiro atoms.